The van der Waals surface area contributed by atoms with Gasteiger partial charge in [0.15, 0.2) is 46.5 Å². The maximum atomic E-state index is 14.7. The van der Waals surface area contributed by atoms with Crippen LogP contribution in [0.1, 0.15) is 5.56 Å². The van der Waals surface area contributed by atoms with Crippen molar-refractivity contribution in [2.45, 2.75) is 6.42 Å². The van der Waals surface area contributed by atoms with E-state index < -0.39 is 69.2 Å². The molecule has 0 bridgehead atoms. The van der Waals surface area contributed by atoms with Crippen molar-refractivity contribution < 1.29 is 39.5 Å². The highest BCUT2D eigenvalue weighted by atomic mass is 19.2. The predicted octanol–water partition coefficient (Wildman–Crippen LogP) is 6.30. The normalized spacial score (nSPS) is 13.2. The summed E-state index contributed by atoms with van der Waals surface area (Å²) in [5.74, 6) is -21.5. The van der Waals surface area contributed by atoms with Crippen molar-refractivity contribution in [1.82, 2.24) is 0 Å². The largest absolute Gasteiger partial charge is 0.338 e. The average Bonchev–Trinajstić information content (AvgIpc) is 3.17. The summed E-state index contributed by atoms with van der Waals surface area (Å²) in [4.78, 5) is 0.893. The Morgan fingerprint density at radius 2 is 1.00 bits per heavy atom. The number of benzene rings is 3. The molecule has 0 aliphatic carbocycles. The van der Waals surface area contributed by atoms with Crippen molar-refractivity contribution in [3.8, 4) is 11.1 Å². The lowest BCUT2D eigenvalue weighted by Gasteiger charge is -2.25. The van der Waals surface area contributed by atoms with Crippen LogP contribution in [0.4, 0.5) is 50.9 Å². The minimum atomic E-state index is -2.54. The van der Waals surface area contributed by atoms with Gasteiger partial charge < -0.3 is 4.90 Å². The zero-order valence-electron chi connectivity index (χ0n) is 14.6. The van der Waals surface area contributed by atoms with Crippen LogP contribution in [0.2, 0.25) is 0 Å². The van der Waals surface area contributed by atoms with Crippen molar-refractivity contribution in [3.63, 3.8) is 0 Å². The van der Waals surface area contributed by atoms with Gasteiger partial charge in [-0.3, -0.25) is 0 Å². The van der Waals surface area contributed by atoms with Gasteiger partial charge in [-0.05, 0) is 18.1 Å². The van der Waals surface area contributed by atoms with Crippen LogP contribution in [0.3, 0.4) is 0 Å². The molecule has 0 N–H and O–H groups in total. The zero-order chi connectivity index (χ0) is 21.9. The second kappa shape index (κ2) is 6.96. The first kappa shape index (κ1) is 20.1. The summed E-state index contributed by atoms with van der Waals surface area (Å²) in [5, 5.41) is 0. The van der Waals surface area contributed by atoms with E-state index in [9.17, 15) is 39.5 Å². The van der Waals surface area contributed by atoms with Gasteiger partial charge in [0, 0.05) is 12.2 Å². The van der Waals surface area contributed by atoms with Crippen molar-refractivity contribution >= 4 is 11.4 Å². The molecular formula is C20H8F9N. The molecule has 1 heterocycles. The van der Waals surface area contributed by atoms with Crippen molar-refractivity contribution in [3.05, 3.63) is 82.2 Å². The molecule has 10 heteroatoms. The lowest BCUT2D eigenvalue weighted by Crippen LogP contribution is -2.20. The second-order valence-electron chi connectivity index (χ2n) is 6.45. The average molecular weight is 433 g/mol. The molecule has 156 valence electrons. The van der Waals surface area contributed by atoms with E-state index in [-0.39, 0.29) is 18.7 Å². The highest BCUT2D eigenvalue weighted by Crippen LogP contribution is 2.46. The Labute approximate surface area is 163 Å². The van der Waals surface area contributed by atoms with Gasteiger partial charge in [0.25, 0.3) is 0 Å². The van der Waals surface area contributed by atoms with Crippen LogP contribution in [-0.4, -0.2) is 6.54 Å². The van der Waals surface area contributed by atoms with E-state index in [0.29, 0.717) is 5.56 Å². The number of anilines is 2. The maximum absolute atomic E-state index is 14.7. The first-order chi connectivity index (χ1) is 14.2. The fourth-order valence-electron chi connectivity index (χ4n) is 3.50. The van der Waals surface area contributed by atoms with Crippen molar-refractivity contribution in [2.75, 3.05) is 11.4 Å². The fraction of sp³-hybridized carbons (Fsp3) is 0.100. The number of hydrogen-bond donors (Lipinski definition) is 0. The molecule has 0 saturated carbocycles. The molecular weight excluding hydrogens is 425 g/mol. The van der Waals surface area contributed by atoms with Gasteiger partial charge >= 0.3 is 0 Å². The van der Waals surface area contributed by atoms with E-state index in [0.717, 1.165) is 4.90 Å². The van der Waals surface area contributed by atoms with Crippen molar-refractivity contribution in [1.29, 1.82) is 0 Å². The monoisotopic (exact) mass is 433 g/mol. The summed E-state index contributed by atoms with van der Waals surface area (Å²) >= 11 is 0. The van der Waals surface area contributed by atoms with Crippen LogP contribution < -0.4 is 4.90 Å². The lowest BCUT2D eigenvalue weighted by molar-refractivity contribution is 0.379. The Morgan fingerprint density at radius 3 is 1.60 bits per heavy atom. The SMILES string of the molecule is Fc1c(F)c(F)c(-c2c(F)c(F)c(F)c(F)c2N2CCc3ccccc32)c(F)c1F. The topological polar surface area (TPSA) is 3.24 Å². The lowest BCUT2D eigenvalue weighted by atomic mass is 9.98. The predicted molar refractivity (Wildman–Crippen MR) is 88.7 cm³/mol. The highest BCUT2D eigenvalue weighted by Gasteiger charge is 2.37. The molecule has 1 aliphatic rings. The second-order valence-corrected chi connectivity index (χ2v) is 6.45. The molecule has 0 spiro atoms. The molecule has 1 aliphatic heterocycles. The van der Waals surface area contributed by atoms with Gasteiger partial charge in [0.1, 0.15) is 0 Å². The Balaban J connectivity index is 2.14. The van der Waals surface area contributed by atoms with E-state index in [1.165, 1.54) is 12.1 Å². The summed E-state index contributed by atoms with van der Waals surface area (Å²) in [6.45, 7) is -0.150. The highest BCUT2D eigenvalue weighted by molar-refractivity contribution is 5.86. The van der Waals surface area contributed by atoms with Crippen LogP contribution >= 0.6 is 0 Å². The molecule has 0 saturated heterocycles. The molecule has 0 amide bonds. The Bertz CT molecular complexity index is 1180. The van der Waals surface area contributed by atoms with E-state index in [4.69, 9.17) is 0 Å². The maximum Gasteiger partial charge on any atom is 0.200 e. The summed E-state index contributed by atoms with van der Waals surface area (Å²) in [6, 6.07) is 6.06. The first-order valence-corrected chi connectivity index (χ1v) is 8.40. The molecule has 0 fully saturated rings. The van der Waals surface area contributed by atoms with Crippen LogP contribution in [0.25, 0.3) is 11.1 Å². The van der Waals surface area contributed by atoms with Gasteiger partial charge in [-0.15, -0.1) is 0 Å². The third-order valence-corrected chi connectivity index (χ3v) is 4.86. The molecule has 3 aromatic rings. The summed E-state index contributed by atoms with van der Waals surface area (Å²) in [6.07, 6.45) is 0.215. The van der Waals surface area contributed by atoms with E-state index in [1.807, 2.05) is 0 Å². The van der Waals surface area contributed by atoms with E-state index >= 15 is 0 Å². The minimum absolute atomic E-state index is 0.150. The van der Waals surface area contributed by atoms with Crippen LogP contribution in [0.15, 0.2) is 24.3 Å². The molecule has 0 radical (unpaired) electrons. The van der Waals surface area contributed by atoms with Crippen LogP contribution in [0.5, 0.6) is 0 Å². The summed E-state index contributed by atoms with van der Waals surface area (Å²) in [7, 11) is 0. The van der Waals surface area contributed by atoms with Gasteiger partial charge in [0.2, 0.25) is 5.82 Å². The smallest absolute Gasteiger partial charge is 0.200 e. The molecule has 0 aromatic heterocycles. The van der Waals surface area contributed by atoms with Crippen molar-refractivity contribution in [2.24, 2.45) is 0 Å². The molecule has 0 unspecified atom stereocenters. The molecule has 0 atom stereocenters. The molecule has 4 rings (SSSR count). The van der Waals surface area contributed by atoms with Crippen LogP contribution in [-0.2, 0) is 6.42 Å². The third kappa shape index (κ3) is 2.66. The van der Waals surface area contributed by atoms with Gasteiger partial charge in [-0.25, -0.2) is 39.5 Å². The minimum Gasteiger partial charge on any atom is -0.338 e. The molecule has 30 heavy (non-hydrogen) atoms. The van der Waals surface area contributed by atoms with Gasteiger partial charge in [0.05, 0.1) is 16.8 Å². The standard InChI is InChI=1S/C20H8F9N/c21-11-9(12(22)15(25)17(27)14(11)24)10-13(23)16(26)18(28)19(29)20(10)30-6-5-7-3-1-2-4-8(7)30/h1-4H,5-6H2. The van der Waals surface area contributed by atoms with E-state index in [2.05, 4.69) is 0 Å². The van der Waals surface area contributed by atoms with Gasteiger partial charge in [-0.2, -0.15) is 0 Å². The third-order valence-electron chi connectivity index (χ3n) is 4.86. The zero-order valence-corrected chi connectivity index (χ0v) is 14.6. The Hall–Kier alpha value is -3.17. The first-order valence-electron chi connectivity index (χ1n) is 8.40. The Morgan fingerprint density at radius 1 is 0.533 bits per heavy atom. The quantitative estimate of drug-likeness (QED) is 0.261. The molecule has 1 nitrogen and oxygen atoms in total. The van der Waals surface area contributed by atoms with E-state index in [1.54, 1.807) is 12.1 Å². The number of hydrogen-bond acceptors (Lipinski definition) is 1. The number of halogens is 9. The number of para-hydroxylation sites is 1. The number of nitrogens with zero attached hydrogens (tertiary/aromatic N) is 1. The summed E-state index contributed by atoms with van der Waals surface area (Å²) < 4.78 is 127. The number of fused-ring (bicyclic) bond motifs is 1. The summed E-state index contributed by atoms with van der Waals surface area (Å²) in [5.41, 5.74) is -3.96. The number of rotatable bonds is 2. The van der Waals surface area contributed by atoms with Gasteiger partial charge in [-0.1, -0.05) is 18.2 Å². The molecule has 3 aromatic carbocycles. The fourth-order valence-corrected chi connectivity index (χ4v) is 3.50. The van der Waals surface area contributed by atoms with Crippen LogP contribution in [0, 0.1) is 52.4 Å². The Kier molecular flexibility index (Phi) is 4.67.